The number of hydrogen-bond donors (Lipinski definition) is 1. The molecule has 1 amide bonds. The van der Waals surface area contributed by atoms with Crippen LogP contribution in [0.15, 0.2) is 54.9 Å². The lowest BCUT2D eigenvalue weighted by Gasteiger charge is -2.03. The first-order valence-corrected chi connectivity index (χ1v) is 5.07. The molecule has 0 radical (unpaired) electrons. The predicted octanol–water partition coefficient (Wildman–Crippen LogP) is 1.76. The number of rotatable bonds is 2. The molecule has 1 aromatic carbocycles. The van der Waals surface area contributed by atoms with Crippen molar-refractivity contribution >= 4 is 11.6 Å². The zero-order chi connectivity index (χ0) is 11.4. The highest BCUT2D eigenvalue weighted by Crippen LogP contribution is 2.06. The lowest BCUT2D eigenvalue weighted by atomic mass is 10.2. The maximum atomic E-state index is 11.8. The molecule has 1 N–H and O–H groups in total. The average molecular weight is 213 g/mol. The van der Waals surface area contributed by atoms with E-state index in [-0.39, 0.29) is 5.91 Å². The zero-order valence-corrected chi connectivity index (χ0v) is 9.05. The molecule has 0 atom stereocenters. The Bertz CT molecular complexity index is 477. The topological polar surface area (TPSA) is 33.0 Å². The summed E-state index contributed by atoms with van der Waals surface area (Å²) in [4.78, 5) is 11.8. The number of benzene rings is 1. The van der Waals surface area contributed by atoms with Crippen molar-refractivity contribution in [2.45, 2.75) is 0 Å². The summed E-state index contributed by atoms with van der Waals surface area (Å²) in [6.45, 7) is 0. The first kappa shape index (κ1) is 10.4. The molecule has 0 saturated carbocycles. The Morgan fingerprint density at radius 1 is 1.06 bits per heavy atom. The Balaban J connectivity index is 2.11. The minimum absolute atomic E-state index is 0.0885. The molecule has 1 aromatic heterocycles. The Morgan fingerprint density at radius 2 is 1.69 bits per heavy atom. The van der Waals surface area contributed by atoms with Gasteiger partial charge in [0.1, 0.15) is 7.05 Å². The molecule has 3 nitrogen and oxygen atoms in total. The van der Waals surface area contributed by atoms with E-state index in [0.29, 0.717) is 5.56 Å². The number of nitrogens with zero attached hydrogens (tertiary/aromatic N) is 1. The molecule has 0 spiro atoms. The Hall–Kier alpha value is -2.16. The van der Waals surface area contributed by atoms with Crippen molar-refractivity contribution in [2.24, 2.45) is 7.05 Å². The minimum Gasteiger partial charge on any atom is -0.322 e. The van der Waals surface area contributed by atoms with E-state index in [1.165, 1.54) is 0 Å². The van der Waals surface area contributed by atoms with E-state index in [1.807, 2.05) is 54.3 Å². The molecule has 1 heterocycles. The number of hydrogen-bond acceptors (Lipinski definition) is 1. The van der Waals surface area contributed by atoms with Gasteiger partial charge in [0.15, 0.2) is 12.4 Å². The van der Waals surface area contributed by atoms with Gasteiger partial charge in [-0.2, -0.15) is 0 Å². The van der Waals surface area contributed by atoms with Gasteiger partial charge in [0.25, 0.3) is 5.91 Å². The number of aromatic nitrogens is 1. The van der Waals surface area contributed by atoms with Crippen LogP contribution in [0.1, 0.15) is 10.4 Å². The molecular formula is C13H13N2O+. The fourth-order valence-electron chi connectivity index (χ4n) is 1.38. The highest BCUT2D eigenvalue weighted by Gasteiger charge is 2.05. The van der Waals surface area contributed by atoms with Gasteiger partial charge in [-0.05, 0) is 12.1 Å². The van der Waals surface area contributed by atoms with E-state index < -0.39 is 0 Å². The third-order valence-electron chi connectivity index (χ3n) is 2.27. The van der Waals surface area contributed by atoms with Crippen molar-refractivity contribution in [3.8, 4) is 0 Å². The number of carbonyl (C=O) groups is 1. The highest BCUT2D eigenvalue weighted by molar-refractivity contribution is 6.04. The van der Waals surface area contributed by atoms with Gasteiger partial charge in [0, 0.05) is 17.7 Å². The van der Waals surface area contributed by atoms with Crippen LogP contribution in [0.3, 0.4) is 0 Å². The van der Waals surface area contributed by atoms with Crippen LogP contribution < -0.4 is 9.88 Å². The molecule has 3 heteroatoms. The molecule has 0 unspecified atom stereocenters. The van der Waals surface area contributed by atoms with Crippen LogP contribution >= 0.6 is 0 Å². The van der Waals surface area contributed by atoms with Crippen molar-refractivity contribution in [1.82, 2.24) is 0 Å². The maximum absolute atomic E-state index is 11.8. The van der Waals surface area contributed by atoms with Gasteiger partial charge < -0.3 is 5.32 Å². The summed E-state index contributed by atoms with van der Waals surface area (Å²) in [6.07, 6.45) is 3.78. The van der Waals surface area contributed by atoms with Gasteiger partial charge in [-0.15, -0.1) is 0 Å². The number of pyridine rings is 1. The monoisotopic (exact) mass is 213 g/mol. The summed E-state index contributed by atoms with van der Waals surface area (Å²) < 4.78 is 1.91. The molecule has 0 fully saturated rings. The van der Waals surface area contributed by atoms with Gasteiger partial charge >= 0.3 is 0 Å². The van der Waals surface area contributed by atoms with Gasteiger partial charge in [0.2, 0.25) is 0 Å². The summed E-state index contributed by atoms with van der Waals surface area (Å²) in [5.74, 6) is -0.0885. The van der Waals surface area contributed by atoms with E-state index in [1.54, 1.807) is 12.1 Å². The van der Waals surface area contributed by atoms with Crippen LogP contribution in [-0.2, 0) is 7.05 Å². The maximum Gasteiger partial charge on any atom is 0.255 e. The Morgan fingerprint density at radius 3 is 2.31 bits per heavy atom. The smallest absolute Gasteiger partial charge is 0.255 e. The lowest BCUT2D eigenvalue weighted by Crippen LogP contribution is -2.26. The molecule has 80 valence electrons. The molecule has 0 aliphatic heterocycles. The van der Waals surface area contributed by atoms with Crippen LogP contribution in [0.4, 0.5) is 5.69 Å². The predicted molar refractivity (Wildman–Crippen MR) is 62.0 cm³/mol. The van der Waals surface area contributed by atoms with Crippen molar-refractivity contribution in [1.29, 1.82) is 0 Å². The molecule has 2 aromatic rings. The largest absolute Gasteiger partial charge is 0.322 e. The number of nitrogens with one attached hydrogen (secondary N) is 1. The highest BCUT2D eigenvalue weighted by atomic mass is 16.1. The molecule has 0 aliphatic rings. The van der Waals surface area contributed by atoms with Gasteiger partial charge in [-0.3, -0.25) is 4.79 Å². The fraction of sp³-hybridized carbons (Fsp3) is 0.0769. The SMILES string of the molecule is C[n+]1ccc(NC(=O)c2ccccc2)cc1. The summed E-state index contributed by atoms with van der Waals surface area (Å²) >= 11 is 0. The van der Waals surface area contributed by atoms with E-state index in [0.717, 1.165) is 5.69 Å². The fourth-order valence-corrected chi connectivity index (χ4v) is 1.38. The Labute approximate surface area is 94.4 Å². The van der Waals surface area contributed by atoms with Crippen LogP contribution in [0.25, 0.3) is 0 Å². The van der Waals surface area contributed by atoms with Crippen molar-refractivity contribution < 1.29 is 9.36 Å². The normalized spacial score (nSPS) is 9.81. The molecular weight excluding hydrogens is 200 g/mol. The second kappa shape index (κ2) is 4.57. The minimum atomic E-state index is -0.0885. The summed E-state index contributed by atoms with van der Waals surface area (Å²) in [6, 6.07) is 12.9. The van der Waals surface area contributed by atoms with Gasteiger partial charge in [-0.25, -0.2) is 4.57 Å². The average Bonchev–Trinajstić information content (AvgIpc) is 2.33. The van der Waals surface area contributed by atoms with E-state index in [2.05, 4.69) is 5.32 Å². The number of anilines is 1. The van der Waals surface area contributed by atoms with E-state index >= 15 is 0 Å². The Kier molecular flexibility index (Phi) is 2.96. The van der Waals surface area contributed by atoms with E-state index in [9.17, 15) is 4.79 Å². The van der Waals surface area contributed by atoms with Gasteiger partial charge in [-0.1, -0.05) is 18.2 Å². The summed E-state index contributed by atoms with van der Waals surface area (Å²) in [5, 5.41) is 2.83. The summed E-state index contributed by atoms with van der Waals surface area (Å²) in [7, 11) is 1.93. The summed E-state index contributed by atoms with van der Waals surface area (Å²) in [5.41, 5.74) is 1.46. The third-order valence-corrected chi connectivity index (χ3v) is 2.27. The molecule has 16 heavy (non-hydrogen) atoms. The first-order valence-electron chi connectivity index (χ1n) is 5.07. The molecule has 0 bridgehead atoms. The molecule has 2 rings (SSSR count). The molecule has 0 aliphatic carbocycles. The van der Waals surface area contributed by atoms with Crippen LogP contribution in [0.2, 0.25) is 0 Å². The molecule has 0 saturated heterocycles. The number of aryl methyl sites for hydroxylation is 1. The first-order chi connectivity index (χ1) is 7.75. The van der Waals surface area contributed by atoms with Crippen LogP contribution in [0, 0.1) is 0 Å². The number of amides is 1. The standard InChI is InChI=1S/C13H12N2O/c1-15-9-7-12(8-10-15)14-13(16)11-5-3-2-4-6-11/h2-10H,1H3/p+1. The second-order valence-corrected chi connectivity index (χ2v) is 3.57. The van der Waals surface area contributed by atoms with E-state index in [4.69, 9.17) is 0 Å². The van der Waals surface area contributed by atoms with Crippen LogP contribution in [-0.4, -0.2) is 5.91 Å². The van der Waals surface area contributed by atoms with Crippen molar-refractivity contribution in [3.05, 3.63) is 60.4 Å². The second-order valence-electron chi connectivity index (χ2n) is 3.57. The van der Waals surface area contributed by atoms with Crippen molar-refractivity contribution in [2.75, 3.05) is 5.32 Å². The van der Waals surface area contributed by atoms with Gasteiger partial charge in [0.05, 0.1) is 5.69 Å². The quantitative estimate of drug-likeness (QED) is 0.758. The lowest BCUT2D eigenvalue weighted by molar-refractivity contribution is -0.671. The van der Waals surface area contributed by atoms with Crippen LogP contribution in [0.5, 0.6) is 0 Å². The number of carbonyl (C=O) groups excluding carboxylic acids is 1. The van der Waals surface area contributed by atoms with Crippen molar-refractivity contribution in [3.63, 3.8) is 0 Å². The third kappa shape index (κ3) is 2.45. The zero-order valence-electron chi connectivity index (χ0n) is 9.05.